The molecule has 23 heavy (non-hydrogen) atoms. The average Bonchev–Trinajstić information content (AvgIpc) is 2.97. The molecular weight excluding hydrogens is 296 g/mol. The lowest BCUT2D eigenvalue weighted by Crippen LogP contribution is -2.30. The molecule has 1 heterocycles. The fraction of sp³-hybridized carbons (Fsp3) is 0.353. The maximum Gasteiger partial charge on any atom is 0.260 e. The normalized spacial score (nSPS) is 10.4. The Morgan fingerprint density at radius 1 is 1.26 bits per heavy atom. The highest BCUT2D eigenvalue weighted by atomic mass is 16.5. The molecule has 0 radical (unpaired) electrons. The minimum Gasteiger partial charge on any atom is -0.484 e. The second-order valence-electron chi connectivity index (χ2n) is 5.27. The lowest BCUT2D eigenvalue weighted by atomic mass is 10.1. The van der Waals surface area contributed by atoms with Crippen LogP contribution in [-0.2, 0) is 11.3 Å². The first-order chi connectivity index (χ1) is 11.0. The van der Waals surface area contributed by atoms with Crippen molar-refractivity contribution < 1.29 is 18.8 Å². The van der Waals surface area contributed by atoms with Crippen LogP contribution in [0.1, 0.15) is 35.2 Å². The third kappa shape index (κ3) is 4.67. The van der Waals surface area contributed by atoms with Crippen LogP contribution in [0.4, 0.5) is 0 Å². The molecule has 0 unspecified atom stereocenters. The zero-order valence-electron chi connectivity index (χ0n) is 13.5. The highest BCUT2D eigenvalue weighted by Gasteiger charge is 2.13. The number of amides is 1. The number of Topliss-reactive ketones (excluding diaryl/α,β-unsaturated/α-hetero) is 1. The fourth-order valence-corrected chi connectivity index (χ4v) is 2.01. The summed E-state index contributed by atoms with van der Waals surface area (Å²) < 4.78 is 10.5. The Morgan fingerprint density at radius 3 is 2.52 bits per heavy atom. The summed E-state index contributed by atoms with van der Waals surface area (Å²) in [6.45, 7) is 3.90. The molecule has 1 aromatic carbocycles. The molecule has 0 aliphatic rings. The number of benzene rings is 1. The number of ketones is 1. The van der Waals surface area contributed by atoms with Gasteiger partial charge >= 0.3 is 0 Å². The Hall–Kier alpha value is -2.63. The van der Waals surface area contributed by atoms with E-state index in [-0.39, 0.29) is 18.3 Å². The average molecular weight is 316 g/mol. The number of aromatic nitrogens is 1. The van der Waals surface area contributed by atoms with Gasteiger partial charge in [-0.15, -0.1) is 0 Å². The van der Waals surface area contributed by atoms with Crippen molar-refractivity contribution >= 4 is 11.7 Å². The second kappa shape index (κ2) is 7.58. The summed E-state index contributed by atoms with van der Waals surface area (Å²) >= 11 is 0. The van der Waals surface area contributed by atoms with Gasteiger partial charge in [0.05, 0.1) is 12.2 Å². The number of carbonyl (C=O) groups is 2. The molecule has 0 N–H and O–H groups in total. The fourth-order valence-electron chi connectivity index (χ4n) is 2.01. The van der Waals surface area contributed by atoms with E-state index in [1.165, 1.54) is 4.90 Å². The molecule has 0 saturated heterocycles. The zero-order valence-corrected chi connectivity index (χ0v) is 13.5. The second-order valence-corrected chi connectivity index (χ2v) is 5.27. The van der Waals surface area contributed by atoms with Gasteiger partial charge < -0.3 is 14.2 Å². The number of aryl methyl sites for hydroxylation is 1. The summed E-state index contributed by atoms with van der Waals surface area (Å²) in [5.74, 6) is 1.08. The van der Waals surface area contributed by atoms with Crippen molar-refractivity contribution in [2.75, 3.05) is 13.7 Å². The minimum absolute atomic E-state index is 0.0784. The van der Waals surface area contributed by atoms with Crippen LogP contribution in [0.15, 0.2) is 34.9 Å². The van der Waals surface area contributed by atoms with Crippen LogP contribution in [0.5, 0.6) is 5.75 Å². The van der Waals surface area contributed by atoms with Crippen molar-refractivity contribution in [1.29, 1.82) is 0 Å². The molecule has 6 nitrogen and oxygen atoms in total. The van der Waals surface area contributed by atoms with E-state index in [4.69, 9.17) is 9.26 Å². The number of likely N-dealkylation sites (N-methyl/N-ethyl adjacent to an activating group) is 1. The number of rotatable bonds is 7. The third-order valence-corrected chi connectivity index (χ3v) is 3.36. The van der Waals surface area contributed by atoms with Crippen LogP contribution >= 0.6 is 0 Å². The maximum absolute atomic E-state index is 12.0. The summed E-state index contributed by atoms with van der Waals surface area (Å²) in [4.78, 5) is 25.1. The van der Waals surface area contributed by atoms with Crippen molar-refractivity contribution in [3.05, 3.63) is 47.3 Å². The third-order valence-electron chi connectivity index (χ3n) is 3.36. The number of hydrogen-bond acceptors (Lipinski definition) is 5. The van der Waals surface area contributed by atoms with E-state index < -0.39 is 0 Å². The van der Waals surface area contributed by atoms with Gasteiger partial charge in [0.15, 0.2) is 18.2 Å². The molecule has 122 valence electrons. The van der Waals surface area contributed by atoms with E-state index in [0.29, 0.717) is 30.0 Å². The predicted octanol–water partition coefficient (Wildman–Crippen LogP) is 2.61. The van der Waals surface area contributed by atoms with Crippen LogP contribution in [0.3, 0.4) is 0 Å². The van der Waals surface area contributed by atoms with E-state index in [1.807, 2.05) is 13.8 Å². The first-order valence-corrected chi connectivity index (χ1v) is 7.41. The summed E-state index contributed by atoms with van der Waals surface area (Å²) in [6.07, 6.45) is 0.463. The van der Waals surface area contributed by atoms with Crippen molar-refractivity contribution in [1.82, 2.24) is 10.1 Å². The molecule has 2 aromatic rings. The molecule has 0 bridgehead atoms. The van der Waals surface area contributed by atoms with E-state index >= 15 is 0 Å². The van der Waals surface area contributed by atoms with Gasteiger partial charge in [0.1, 0.15) is 5.75 Å². The molecule has 0 atom stereocenters. The number of ether oxygens (including phenoxy) is 1. The zero-order chi connectivity index (χ0) is 16.8. The van der Waals surface area contributed by atoms with E-state index in [9.17, 15) is 9.59 Å². The standard InChI is InChI=1S/C17H20N2O4/c1-4-16(20)13-5-7-14(8-6-13)22-11-17(21)19(3)10-15-9-12(2)18-23-15/h5-9H,4,10-11H2,1-3H3. The van der Waals surface area contributed by atoms with Gasteiger partial charge in [0.2, 0.25) is 0 Å². The van der Waals surface area contributed by atoms with Gasteiger partial charge in [-0.25, -0.2) is 0 Å². The monoisotopic (exact) mass is 316 g/mol. The Balaban J connectivity index is 1.84. The molecule has 2 rings (SSSR count). The molecule has 0 aliphatic heterocycles. The quantitative estimate of drug-likeness (QED) is 0.734. The maximum atomic E-state index is 12.0. The predicted molar refractivity (Wildman–Crippen MR) is 84.3 cm³/mol. The van der Waals surface area contributed by atoms with Crippen LogP contribution in [0.2, 0.25) is 0 Å². The topological polar surface area (TPSA) is 72.6 Å². The number of nitrogens with zero attached hydrogens (tertiary/aromatic N) is 2. The molecule has 6 heteroatoms. The first-order valence-electron chi connectivity index (χ1n) is 7.41. The number of hydrogen-bond donors (Lipinski definition) is 0. The molecule has 0 spiro atoms. The Kier molecular flexibility index (Phi) is 5.51. The molecule has 0 saturated carbocycles. The van der Waals surface area contributed by atoms with Crippen molar-refractivity contribution in [2.24, 2.45) is 0 Å². The number of carbonyl (C=O) groups excluding carboxylic acids is 2. The van der Waals surface area contributed by atoms with Crippen LogP contribution in [0.25, 0.3) is 0 Å². The van der Waals surface area contributed by atoms with Crippen molar-refractivity contribution in [2.45, 2.75) is 26.8 Å². The van der Waals surface area contributed by atoms with Crippen LogP contribution < -0.4 is 4.74 Å². The highest BCUT2D eigenvalue weighted by molar-refractivity contribution is 5.95. The van der Waals surface area contributed by atoms with E-state index in [0.717, 1.165) is 5.69 Å². The Bertz CT molecular complexity index is 676. The molecular formula is C17H20N2O4. The molecule has 0 aliphatic carbocycles. The van der Waals surface area contributed by atoms with Gasteiger partial charge in [0.25, 0.3) is 5.91 Å². The van der Waals surface area contributed by atoms with Gasteiger partial charge in [-0.3, -0.25) is 9.59 Å². The lowest BCUT2D eigenvalue weighted by Gasteiger charge is -2.15. The SMILES string of the molecule is CCC(=O)c1ccc(OCC(=O)N(C)Cc2cc(C)no2)cc1. The molecule has 1 aromatic heterocycles. The summed E-state index contributed by atoms with van der Waals surface area (Å²) in [7, 11) is 1.67. The summed E-state index contributed by atoms with van der Waals surface area (Å²) in [5, 5.41) is 3.78. The van der Waals surface area contributed by atoms with E-state index in [2.05, 4.69) is 5.16 Å². The van der Waals surface area contributed by atoms with Crippen LogP contribution in [-0.4, -0.2) is 35.4 Å². The van der Waals surface area contributed by atoms with Gasteiger partial charge in [-0.1, -0.05) is 12.1 Å². The Labute approximate surface area is 135 Å². The minimum atomic E-state index is -0.173. The largest absolute Gasteiger partial charge is 0.484 e. The van der Waals surface area contributed by atoms with Crippen LogP contribution in [0, 0.1) is 6.92 Å². The van der Waals surface area contributed by atoms with Gasteiger partial charge in [-0.2, -0.15) is 0 Å². The first kappa shape index (κ1) is 16.7. The summed E-state index contributed by atoms with van der Waals surface area (Å²) in [5.41, 5.74) is 1.42. The van der Waals surface area contributed by atoms with E-state index in [1.54, 1.807) is 37.4 Å². The Morgan fingerprint density at radius 2 is 1.96 bits per heavy atom. The molecule has 0 fully saturated rings. The van der Waals surface area contributed by atoms with Gasteiger partial charge in [-0.05, 0) is 31.2 Å². The van der Waals surface area contributed by atoms with Gasteiger partial charge in [0, 0.05) is 25.1 Å². The van der Waals surface area contributed by atoms with Crippen molar-refractivity contribution in [3.63, 3.8) is 0 Å². The molecule has 1 amide bonds. The smallest absolute Gasteiger partial charge is 0.260 e. The lowest BCUT2D eigenvalue weighted by molar-refractivity contribution is -0.132. The summed E-state index contributed by atoms with van der Waals surface area (Å²) in [6, 6.07) is 8.57. The highest BCUT2D eigenvalue weighted by Crippen LogP contribution is 2.14. The van der Waals surface area contributed by atoms with Crippen molar-refractivity contribution in [3.8, 4) is 5.75 Å².